The van der Waals surface area contributed by atoms with Crippen molar-refractivity contribution in [2.75, 3.05) is 12.4 Å². The predicted molar refractivity (Wildman–Crippen MR) is 133 cm³/mol. The third-order valence-electron chi connectivity index (χ3n) is 4.63. The molecule has 186 valence electrons. The van der Waals surface area contributed by atoms with Crippen LogP contribution in [0.25, 0.3) is 0 Å². The number of nitro groups is 2. The van der Waals surface area contributed by atoms with E-state index in [-0.39, 0.29) is 29.3 Å². The molecule has 0 aliphatic carbocycles. The predicted octanol–water partition coefficient (Wildman–Crippen LogP) is 4.32. The minimum Gasteiger partial charge on any atom is -0.471 e. The van der Waals surface area contributed by atoms with Gasteiger partial charge in [0.25, 0.3) is 17.3 Å². The first-order valence-corrected chi connectivity index (χ1v) is 11.7. The van der Waals surface area contributed by atoms with Crippen LogP contribution in [0.1, 0.15) is 35.0 Å². The Bertz CT molecular complexity index is 1300. The van der Waals surface area contributed by atoms with Crippen molar-refractivity contribution >= 4 is 34.8 Å². The van der Waals surface area contributed by atoms with Crippen LogP contribution in [0.15, 0.2) is 64.9 Å². The van der Waals surface area contributed by atoms with E-state index in [9.17, 15) is 25.0 Å². The highest BCUT2D eigenvalue weighted by Gasteiger charge is 2.14. The van der Waals surface area contributed by atoms with Crippen LogP contribution in [-0.4, -0.2) is 43.8 Å². The molecule has 0 aliphatic heterocycles. The molecule has 3 rings (SSSR count). The van der Waals surface area contributed by atoms with Gasteiger partial charge in [0, 0.05) is 52.9 Å². The maximum absolute atomic E-state index is 12.5. The number of carbonyl (C=O) groups is 1. The molecule has 0 bridgehead atoms. The number of non-ortho nitro benzene ring substituents is 2. The van der Waals surface area contributed by atoms with E-state index in [1.165, 1.54) is 54.2 Å². The number of aryl methyl sites for hydroxylation is 1. The Morgan fingerprint density at radius 1 is 1.03 bits per heavy atom. The fourth-order valence-electron chi connectivity index (χ4n) is 2.88. The Balaban J connectivity index is 1.84. The molecule has 12 nitrogen and oxygen atoms in total. The molecular weight excluding hydrogens is 488 g/mol. The summed E-state index contributed by atoms with van der Waals surface area (Å²) >= 11 is 1.49. The lowest BCUT2D eigenvalue weighted by Crippen LogP contribution is -2.23. The molecular formula is C23H22N6O6S. The topological polar surface area (TPSA) is 163 Å². The van der Waals surface area contributed by atoms with Crippen LogP contribution in [0.4, 0.5) is 11.4 Å². The first-order valence-electron chi connectivity index (χ1n) is 10.7. The van der Waals surface area contributed by atoms with Gasteiger partial charge in [0.2, 0.25) is 5.88 Å². The zero-order chi connectivity index (χ0) is 26.1. The fourth-order valence-corrected chi connectivity index (χ4v) is 3.63. The van der Waals surface area contributed by atoms with E-state index in [1.807, 2.05) is 13.8 Å². The Morgan fingerprint density at radius 2 is 1.75 bits per heavy atom. The number of nitro benzene ring substituents is 2. The van der Waals surface area contributed by atoms with E-state index >= 15 is 0 Å². The minimum atomic E-state index is -0.621. The number of carbonyl (C=O) groups excluding carboxylic acids is 1. The largest absolute Gasteiger partial charge is 0.471 e. The van der Waals surface area contributed by atoms with E-state index < -0.39 is 15.8 Å². The van der Waals surface area contributed by atoms with Gasteiger partial charge in [0.15, 0.2) is 5.16 Å². The molecule has 0 atom stereocenters. The Kier molecular flexibility index (Phi) is 9.00. The molecule has 0 fully saturated rings. The van der Waals surface area contributed by atoms with Crippen molar-refractivity contribution < 1.29 is 19.4 Å². The molecule has 0 aliphatic rings. The number of rotatable bonds is 11. The van der Waals surface area contributed by atoms with Gasteiger partial charge in [0.05, 0.1) is 9.85 Å². The lowest BCUT2D eigenvalue weighted by molar-refractivity contribution is -0.385. The number of aromatic nitrogens is 2. The number of nitrogens with zero attached hydrogens (tertiary/aromatic N) is 5. The van der Waals surface area contributed by atoms with Crippen molar-refractivity contribution in [3.63, 3.8) is 0 Å². The summed E-state index contributed by atoms with van der Waals surface area (Å²) < 4.78 is 5.81. The quantitative estimate of drug-likeness (QED) is 0.130. The molecule has 1 amide bonds. The number of hydrogen-bond acceptors (Lipinski definition) is 10. The van der Waals surface area contributed by atoms with Crippen molar-refractivity contribution in [2.24, 2.45) is 5.10 Å². The van der Waals surface area contributed by atoms with E-state index in [1.54, 1.807) is 12.1 Å². The van der Waals surface area contributed by atoms with Crippen molar-refractivity contribution in [1.82, 2.24) is 15.4 Å². The minimum absolute atomic E-state index is 0.146. The summed E-state index contributed by atoms with van der Waals surface area (Å²) in [5.41, 5.74) is 3.48. The van der Waals surface area contributed by atoms with E-state index in [0.717, 1.165) is 12.2 Å². The van der Waals surface area contributed by atoms with Gasteiger partial charge in [-0.2, -0.15) is 10.1 Å². The first-order chi connectivity index (χ1) is 17.3. The number of thioether (sulfide) groups is 1. The average molecular weight is 511 g/mol. The van der Waals surface area contributed by atoms with Gasteiger partial charge in [-0.15, -0.1) is 0 Å². The van der Waals surface area contributed by atoms with Crippen molar-refractivity contribution in [3.8, 4) is 5.88 Å². The van der Waals surface area contributed by atoms with Crippen LogP contribution < -0.4 is 10.2 Å². The van der Waals surface area contributed by atoms with Gasteiger partial charge >= 0.3 is 0 Å². The highest BCUT2D eigenvalue weighted by molar-refractivity contribution is 7.99. The second-order valence-corrected chi connectivity index (χ2v) is 8.44. The number of ether oxygens (including phenoxy) is 1. The maximum atomic E-state index is 12.5. The molecule has 0 saturated carbocycles. The van der Waals surface area contributed by atoms with E-state index in [4.69, 9.17) is 4.74 Å². The molecule has 3 aromatic rings. The maximum Gasteiger partial charge on any atom is 0.271 e. The Hall–Kier alpha value is -4.39. The lowest BCUT2D eigenvalue weighted by Gasteiger charge is -2.11. The summed E-state index contributed by atoms with van der Waals surface area (Å²) in [6, 6.07) is 12.4. The summed E-state index contributed by atoms with van der Waals surface area (Å²) in [6.45, 7) is 3.70. The van der Waals surface area contributed by atoms with Crippen LogP contribution >= 0.6 is 11.8 Å². The highest BCUT2D eigenvalue weighted by Crippen LogP contribution is 2.20. The van der Waals surface area contributed by atoms with E-state index in [2.05, 4.69) is 20.5 Å². The summed E-state index contributed by atoms with van der Waals surface area (Å²) in [5.74, 6) is 0.516. The van der Waals surface area contributed by atoms with Gasteiger partial charge in [-0.3, -0.25) is 25.0 Å². The Morgan fingerprint density at radius 3 is 2.42 bits per heavy atom. The van der Waals surface area contributed by atoms with Crippen molar-refractivity contribution in [1.29, 1.82) is 0 Å². The normalized spacial score (nSPS) is 11.1. The molecule has 0 saturated heterocycles. The molecule has 36 heavy (non-hydrogen) atoms. The second kappa shape index (κ2) is 12.4. The van der Waals surface area contributed by atoms with Gasteiger partial charge < -0.3 is 4.74 Å². The average Bonchev–Trinajstić information content (AvgIpc) is 2.87. The number of amides is 1. The van der Waals surface area contributed by atoms with Crippen LogP contribution in [0.5, 0.6) is 5.88 Å². The fraction of sp³-hybridized carbons (Fsp3) is 0.217. The summed E-state index contributed by atoms with van der Waals surface area (Å²) in [5, 5.41) is 26.8. The lowest BCUT2D eigenvalue weighted by atomic mass is 10.1. The van der Waals surface area contributed by atoms with Crippen LogP contribution in [0.3, 0.4) is 0 Å². The smallest absolute Gasteiger partial charge is 0.271 e. The third kappa shape index (κ3) is 7.30. The Labute approximate surface area is 210 Å². The molecule has 13 heteroatoms. The van der Waals surface area contributed by atoms with Gasteiger partial charge in [-0.1, -0.05) is 30.8 Å². The zero-order valence-electron chi connectivity index (χ0n) is 19.4. The molecule has 0 unspecified atom stereocenters. The van der Waals surface area contributed by atoms with Crippen LogP contribution in [-0.2, 0) is 0 Å². The first kappa shape index (κ1) is 26.2. The second-order valence-electron chi connectivity index (χ2n) is 7.38. The number of benzene rings is 2. The highest BCUT2D eigenvalue weighted by atomic mass is 32.2. The monoisotopic (exact) mass is 510 g/mol. The van der Waals surface area contributed by atoms with E-state index in [0.29, 0.717) is 22.3 Å². The molecule has 1 heterocycles. The number of hydrogen-bond donors (Lipinski definition) is 1. The molecule has 0 spiro atoms. The molecule has 0 radical (unpaired) electrons. The molecule has 1 aromatic heterocycles. The third-order valence-corrected chi connectivity index (χ3v) is 5.68. The molecule has 2 aromatic carbocycles. The summed E-state index contributed by atoms with van der Waals surface area (Å²) in [6.07, 6.45) is 0.955. The number of hydrazone groups is 1. The van der Waals surface area contributed by atoms with Crippen molar-refractivity contribution in [2.45, 2.75) is 25.4 Å². The van der Waals surface area contributed by atoms with Crippen LogP contribution in [0, 0.1) is 27.2 Å². The van der Waals surface area contributed by atoms with Crippen molar-refractivity contribution in [3.05, 3.63) is 91.6 Å². The summed E-state index contributed by atoms with van der Waals surface area (Å²) in [4.78, 5) is 42.2. The molecule has 1 N–H and O–H groups in total. The summed E-state index contributed by atoms with van der Waals surface area (Å²) in [7, 11) is 0. The van der Waals surface area contributed by atoms with Gasteiger partial charge in [0.1, 0.15) is 12.3 Å². The SMILES string of the molecule is CCCSc1nc(C)cc(OCC(=NNC(=O)c2ccc([N+](=O)[O-])cc2)c2cccc([N+](=O)[O-])c2)n1. The van der Waals surface area contributed by atoms with Gasteiger partial charge in [-0.05, 0) is 25.5 Å². The number of nitrogens with one attached hydrogen (secondary N) is 1. The standard InChI is InChI=1S/C23H22N6O6S/c1-3-11-36-23-24-15(2)12-21(25-23)35-14-20(17-5-4-6-19(13-17)29(33)34)26-27-22(30)16-7-9-18(10-8-16)28(31)32/h4-10,12-13H,3,11,14H2,1-2H3,(H,27,30). The zero-order valence-corrected chi connectivity index (χ0v) is 20.2. The van der Waals surface area contributed by atoms with Crippen LogP contribution in [0.2, 0.25) is 0 Å². The van der Waals surface area contributed by atoms with Gasteiger partial charge in [-0.25, -0.2) is 10.4 Å².